The van der Waals surface area contributed by atoms with Gasteiger partial charge in [-0.1, -0.05) is 27.7 Å². The Morgan fingerprint density at radius 2 is 1.94 bits per heavy atom. The zero-order chi connectivity index (χ0) is 13.7. The summed E-state index contributed by atoms with van der Waals surface area (Å²) in [5.41, 5.74) is 6.45. The highest BCUT2D eigenvalue weighted by Crippen LogP contribution is 2.19. The normalized spacial score (nSPS) is 11.3. The van der Waals surface area contributed by atoms with Crippen LogP contribution in [0.4, 0.5) is 5.69 Å². The molecule has 18 heavy (non-hydrogen) atoms. The third kappa shape index (κ3) is 3.72. The van der Waals surface area contributed by atoms with Crippen LogP contribution in [-0.2, 0) is 0 Å². The van der Waals surface area contributed by atoms with E-state index >= 15 is 0 Å². The lowest BCUT2D eigenvalue weighted by Crippen LogP contribution is -2.34. The Balaban J connectivity index is 2.64. The first-order valence-corrected chi connectivity index (χ1v) is 6.42. The molecule has 1 aromatic rings. The lowest BCUT2D eigenvalue weighted by Gasteiger charge is -2.25. The Morgan fingerprint density at radius 3 is 2.44 bits per heavy atom. The molecule has 0 radical (unpaired) electrons. The van der Waals surface area contributed by atoms with Crippen molar-refractivity contribution < 1.29 is 4.79 Å². The number of rotatable bonds is 5. The number of pyridine rings is 1. The molecule has 100 valence electrons. The third-order valence-electron chi connectivity index (χ3n) is 3.26. The fourth-order valence-electron chi connectivity index (χ4n) is 2.14. The molecule has 0 aliphatic carbocycles. The van der Waals surface area contributed by atoms with E-state index in [4.69, 9.17) is 5.73 Å². The number of carbonyl (C=O) groups excluding carboxylic acids is 1. The fraction of sp³-hybridized carbons (Fsp3) is 0.571. The summed E-state index contributed by atoms with van der Waals surface area (Å²) in [5, 5.41) is 2.92. The molecule has 4 heteroatoms. The Labute approximate surface area is 109 Å². The molecular weight excluding hydrogens is 226 g/mol. The van der Waals surface area contributed by atoms with Crippen molar-refractivity contribution in [3.8, 4) is 0 Å². The molecule has 0 saturated carbocycles. The molecule has 0 aliphatic heterocycles. The zero-order valence-electron chi connectivity index (χ0n) is 11.6. The van der Waals surface area contributed by atoms with Gasteiger partial charge in [-0.3, -0.25) is 4.79 Å². The van der Waals surface area contributed by atoms with Crippen LogP contribution < -0.4 is 11.1 Å². The SMILES string of the molecule is CC(C)C(CNC(=O)c1ncccc1N)C(C)C. The predicted octanol–water partition coefficient (Wildman–Crippen LogP) is 2.32. The lowest BCUT2D eigenvalue weighted by atomic mass is 9.85. The van der Waals surface area contributed by atoms with Crippen LogP contribution in [0.2, 0.25) is 0 Å². The summed E-state index contributed by atoms with van der Waals surface area (Å²) in [6.07, 6.45) is 1.58. The van der Waals surface area contributed by atoms with Crippen LogP contribution in [0.3, 0.4) is 0 Å². The summed E-state index contributed by atoms with van der Waals surface area (Å²) >= 11 is 0. The van der Waals surface area contributed by atoms with Gasteiger partial charge in [0.15, 0.2) is 5.69 Å². The Morgan fingerprint density at radius 1 is 1.33 bits per heavy atom. The minimum absolute atomic E-state index is 0.195. The van der Waals surface area contributed by atoms with Gasteiger partial charge in [0.25, 0.3) is 5.91 Å². The summed E-state index contributed by atoms with van der Waals surface area (Å²) in [5.74, 6) is 1.33. The standard InChI is InChI=1S/C14H23N3O/c1-9(2)11(10(3)4)8-17-14(18)13-12(15)6-5-7-16-13/h5-7,9-11H,8,15H2,1-4H3,(H,17,18). The molecule has 1 amide bonds. The van der Waals surface area contributed by atoms with Crippen molar-refractivity contribution in [2.75, 3.05) is 12.3 Å². The van der Waals surface area contributed by atoms with Crippen molar-refractivity contribution in [2.45, 2.75) is 27.7 Å². The van der Waals surface area contributed by atoms with E-state index in [-0.39, 0.29) is 5.91 Å². The van der Waals surface area contributed by atoms with Crippen LogP contribution >= 0.6 is 0 Å². The molecule has 1 rings (SSSR count). The molecule has 3 N–H and O–H groups in total. The van der Waals surface area contributed by atoms with Crippen LogP contribution in [0.1, 0.15) is 38.2 Å². The molecule has 0 aromatic carbocycles. The number of amides is 1. The van der Waals surface area contributed by atoms with Gasteiger partial charge < -0.3 is 11.1 Å². The van der Waals surface area contributed by atoms with Gasteiger partial charge in [0, 0.05) is 12.7 Å². The van der Waals surface area contributed by atoms with Crippen LogP contribution in [-0.4, -0.2) is 17.4 Å². The van der Waals surface area contributed by atoms with Crippen LogP contribution in [0.25, 0.3) is 0 Å². The van der Waals surface area contributed by atoms with Crippen LogP contribution in [0.5, 0.6) is 0 Å². The number of anilines is 1. The third-order valence-corrected chi connectivity index (χ3v) is 3.26. The second kappa shape index (κ2) is 6.38. The van der Waals surface area contributed by atoms with Gasteiger partial charge in [0.05, 0.1) is 5.69 Å². The molecule has 0 atom stereocenters. The Bertz CT molecular complexity index is 394. The molecule has 0 spiro atoms. The van der Waals surface area contributed by atoms with Crippen molar-refractivity contribution in [1.29, 1.82) is 0 Å². The smallest absolute Gasteiger partial charge is 0.272 e. The van der Waals surface area contributed by atoms with E-state index in [1.165, 1.54) is 0 Å². The number of nitrogens with one attached hydrogen (secondary N) is 1. The van der Waals surface area contributed by atoms with Gasteiger partial charge in [0.1, 0.15) is 0 Å². The molecule has 0 aliphatic rings. The van der Waals surface area contributed by atoms with Crippen molar-refractivity contribution in [3.63, 3.8) is 0 Å². The molecule has 0 unspecified atom stereocenters. The molecule has 4 nitrogen and oxygen atoms in total. The molecule has 1 heterocycles. The second-order valence-electron chi connectivity index (χ2n) is 5.30. The summed E-state index contributed by atoms with van der Waals surface area (Å²) in [6, 6.07) is 3.40. The maximum absolute atomic E-state index is 12.0. The minimum Gasteiger partial charge on any atom is -0.397 e. The largest absolute Gasteiger partial charge is 0.397 e. The van der Waals surface area contributed by atoms with Gasteiger partial charge in [-0.2, -0.15) is 0 Å². The maximum atomic E-state index is 12.0. The molecule has 0 fully saturated rings. The number of nitrogen functional groups attached to an aromatic ring is 1. The van der Waals surface area contributed by atoms with Gasteiger partial charge in [-0.15, -0.1) is 0 Å². The van der Waals surface area contributed by atoms with Crippen molar-refractivity contribution in [3.05, 3.63) is 24.0 Å². The van der Waals surface area contributed by atoms with E-state index in [0.29, 0.717) is 35.7 Å². The maximum Gasteiger partial charge on any atom is 0.272 e. The van der Waals surface area contributed by atoms with Crippen LogP contribution in [0, 0.1) is 17.8 Å². The number of hydrogen-bond acceptors (Lipinski definition) is 3. The number of nitrogens with zero attached hydrogens (tertiary/aromatic N) is 1. The number of nitrogens with two attached hydrogens (primary N) is 1. The van der Waals surface area contributed by atoms with Crippen molar-refractivity contribution >= 4 is 11.6 Å². The molecule has 1 aromatic heterocycles. The highest BCUT2D eigenvalue weighted by Gasteiger charge is 2.19. The average Bonchev–Trinajstić information content (AvgIpc) is 2.28. The lowest BCUT2D eigenvalue weighted by molar-refractivity contribution is 0.0933. The van der Waals surface area contributed by atoms with Crippen molar-refractivity contribution in [1.82, 2.24) is 10.3 Å². The van der Waals surface area contributed by atoms with E-state index in [1.807, 2.05) is 0 Å². The number of hydrogen-bond donors (Lipinski definition) is 2. The fourth-order valence-corrected chi connectivity index (χ4v) is 2.14. The zero-order valence-corrected chi connectivity index (χ0v) is 11.6. The van der Waals surface area contributed by atoms with E-state index in [2.05, 4.69) is 38.0 Å². The van der Waals surface area contributed by atoms with Gasteiger partial charge in [-0.25, -0.2) is 4.98 Å². The quantitative estimate of drug-likeness (QED) is 0.841. The molecule has 0 saturated heterocycles. The van der Waals surface area contributed by atoms with E-state index in [0.717, 1.165) is 0 Å². The van der Waals surface area contributed by atoms with Gasteiger partial charge in [0.2, 0.25) is 0 Å². The summed E-state index contributed by atoms with van der Waals surface area (Å²) in [7, 11) is 0. The van der Waals surface area contributed by atoms with Crippen LogP contribution in [0.15, 0.2) is 18.3 Å². The average molecular weight is 249 g/mol. The monoisotopic (exact) mass is 249 g/mol. The summed E-state index contributed by atoms with van der Waals surface area (Å²) in [6.45, 7) is 9.35. The molecular formula is C14H23N3O. The summed E-state index contributed by atoms with van der Waals surface area (Å²) < 4.78 is 0. The van der Waals surface area contributed by atoms with Gasteiger partial charge in [-0.05, 0) is 29.9 Å². The predicted molar refractivity (Wildman–Crippen MR) is 74.1 cm³/mol. The Kier molecular flexibility index (Phi) is 5.13. The summed E-state index contributed by atoms with van der Waals surface area (Å²) in [4.78, 5) is 16.0. The number of aromatic nitrogens is 1. The minimum atomic E-state index is -0.195. The van der Waals surface area contributed by atoms with E-state index in [9.17, 15) is 4.79 Å². The first kappa shape index (κ1) is 14.5. The number of carbonyl (C=O) groups is 1. The second-order valence-corrected chi connectivity index (χ2v) is 5.30. The highest BCUT2D eigenvalue weighted by molar-refractivity contribution is 5.96. The van der Waals surface area contributed by atoms with Gasteiger partial charge >= 0.3 is 0 Å². The Hall–Kier alpha value is -1.58. The molecule has 0 bridgehead atoms. The first-order valence-electron chi connectivity index (χ1n) is 6.42. The van der Waals surface area contributed by atoms with E-state index in [1.54, 1.807) is 18.3 Å². The van der Waals surface area contributed by atoms with E-state index < -0.39 is 0 Å². The highest BCUT2D eigenvalue weighted by atomic mass is 16.1. The van der Waals surface area contributed by atoms with Crippen molar-refractivity contribution in [2.24, 2.45) is 17.8 Å². The first-order chi connectivity index (χ1) is 8.43. The topological polar surface area (TPSA) is 68.0 Å².